The van der Waals surface area contributed by atoms with Crippen molar-refractivity contribution in [2.24, 2.45) is 0 Å². The molecule has 5 nitrogen and oxygen atoms in total. The van der Waals surface area contributed by atoms with Crippen LogP contribution in [-0.2, 0) is 25.7 Å². The maximum atomic E-state index is 11.7. The van der Waals surface area contributed by atoms with Gasteiger partial charge in [-0.15, -0.1) is 0 Å². The van der Waals surface area contributed by atoms with Crippen LogP contribution in [0.2, 0.25) is 0 Å². The fourth-order valence-electron chi connectivity index (χ4n) is 3.95. The van der Waals surface area contributed by atoms with Crippen molar-refractivity contribution < 1.29 is 24.2 Å². The average molecular weight is 449 g/mol. The van der Waals surface area contributed by atoms with Crippen molar-refractivity contribution in [3.8, 4) is 0 Å². The van der Waals surface area contributed by atoms with E-state index < -0.39 is 5.97 Å². The van der Waals surface area contributed by atoms with Crippen LogP contribution < -0.4 is 0 Å². The number of ether oxygens (including phenoxy) is 2. The summed E-state index contributed by atoms with van der Waals surface area (Å²) in [5.41, 5.74) is 1.14. The highest BCUT2D eigenvalue weighted by molar-refractivity contribution is 5.66. The molecule has 5 heteroatoms. The average Bonchev–Trinajstić information content (AvgIpc) is 2.77. The van der Waals surface area contributed by atoms with Crippen molar-refractivity contribution in [3.05, 3.63) is 35.9 Å². The first-order valence-corrected chi connectivity index (χ1v) is 12.6. The fraction of sp³-hybridized carbons (Fsp3) is 0.704. The maximum absolute atomic E-state index is 11.7. The molecule has 0 fully saturated rings. The van der Waals surface area contributed by atoms with Gasteiger partial charge in [0.2, 0.25) is 0 Å². The van der Waals surface area contributed by atoms with Gasteiger partial charge in [0.25, 0.3) is 0 Å². The molecule has 0 saturated heterocycles. The molecule has 0 radical (unpaired) electrons. The fourth-order valence-corrected chi connectivity index (χ4v) is 3.95. The summed E-state index contributed by atoms with van der Waals surface area (Å²) in [4.78, 5) is 22.2. The first-order valence-electron chi connectivity index (χ1n) is 12.6. The quantitative estimate of drug-likeness (QED) is 0.171. The number of aliphatic carboxylic acids is 1. The van der Waals surface area contributed by atoms with Gasteiger partial charge in [-0.25, -0.2) is 0 Å². The zero-order valence-electron chi connectivity index (χ0n) is 20.2. The summed E-state index contributed by atoms with van der Waals surface area (Å²) in [6.07, 6.45) is 13.9. The molecule has 1 N–H and O–H groups in total. The Balaban J connectivity index is 2.35. The molecule has 0 aromatic heterocycles. The maximum Gasteiger partial charge on any atom is 0.303 e. The number of rotatable bonds is 20. The van der Waals surface area contributed by atoms with Gasteiger partial charge in [-0.3, -0.25) is 9.59 Å². The summed E-state index contributed by atoms with van der Waals surface area (Å²) < 4.78 is 11.9. The van der Waals surface area contributed by atoms with E-state index in [1.165, 1.54) is 32.6 Å². The number of hydrogen-bond acceptors (Lipinski definition) is 4. The zero-order chi connectivity index (χ0) is 23.4. The zero-order valence-corrected chi connectivity index (χ0v) is 20.2. The van der Waals surface area contributed by atoms with Crippen molar-refractivity contribution in [2.75, 3.05) is 0 Å². The van der Waals surface area contributed by atoms with E-state index in [0.717, 1.165) is 63.4 Å². The van der Waals surface area contributed by atoms with Crippen molar-refractivity contribution in [1.82, 2.24) is 0 Å². The van der Waals surface area contributed by atoms with Crippen LogP contribution in [0.25, 0.3) is 0 Å². The number of carbonyl (C=O) groups is 2. The van der Waals surface area contributed by atoms with Crippen LogP contribution >= 0.6 is 0 Å². The summed E-state index contributed by atoms with van der Waals surface area (Å²) in [5, 5.41) is 8.65. The number of carboxylic acid groups (broad SMARTS) is 1. The lowest BCUT2D eigenvalue weighted by Gasteiger charge is -2.27. The van der Waals surface area contributed by atoms with Gasteiger partial charge in [-0.2, -0.15) is 0 Å². The second-order valence-electron chi connectivity index (χ2n) is 8.74. The van der Waals surface area contributed by atoms with Crippen LogP contribution in [-0.4, -0.2) is 29.3 Å². The van der Waals surface area contributed by atoms with Crippen LogP contribution in [0.15, 0.2) is 30.3 Å². The lowest BCUT2D eigenvalue weighted by molar-refractivity contribution is -0.157. The van der Waals surface area contributed by atoms with E-state index in [1.54, 1.807) is 0 Å². The third-order valence-corrected chi connectivity index (χ3v) is 5.76. The molecule has 1 aromatic rings. The van der Waals surface area contributed by atoms with Crippen molar-refractivity contribution in [1.29, 1.82) is 0 Å². The minimum atomic E-state index is -0.693. The molecule has 0 saturated carbocycles. The van der Waals surface area contributed by atoms with Gasteiger partial charge in [-0.1, -0.05) is 95.0 Å². The van der Waals surface area contributed by atoms with Crippen molar-refractivity contribution in [2.45, 2.75) is 123 Å². The van der Waals surface area contributed by atoms with E-state index in [4.69, 9.17) is 14.6 Å². The normalized spacial score (nSPS) is 12.9. The molecule has 0 amide bonds. The lowest BCUT2D eigenvalue weighted by Crippen LogP contribution is -2.33. The van der Waals surface area contributed by atoms with E-state index in [-0.39, 0.29) is 18.2 Å². The number of carboxylic acids is 1. The number of esters is 1. The standard InChI is InChI=1S/C27H44O5/c1-3-4-19-26(32-23(2)28)25(31-22-24-17-13-12-14-18-24)20-15-10-8-6-5-7-9-11-16-21-27(29)30/h12-14,17-18,25-26H,3-11,15-16,19-22H2,1-2H3,(H,29,30). The predicted molar refractivity (Wildman–Crippen MR) is 129 cm³/mol. The van der Waals surface area contributed by atoms with E-state index in [1.807, 2.05) is 18.2 Å². The highest BCUT2D eigenvalue weighted by Crippen LogP contribution is 2.21. The molecular weight excluding hydrogens is 404 g/mol. The Kier molecular flexibility index (Phi) is 16.4. The second-order valence-corrected chi connectivity index (χ2v) is 8.74. The smallest absolute Gasteiger partial charge is 0.303 e. The van der Waals surface area contributed by atoms with E-state index in [9.17, 15) is 9.59 Å². The topological polar surface area (TPSA) is 72.8 Å². The predicted octanol–water partition coefficient (Wildman–Crippen LogP) is 7.07. The molecule has 0 spiro atoms. The SMILES string of the molecule is CCCCC(OC(C)=O)C(CCCCCCCCCCCC(=O)O)OCc1ccccc1. The Labute approximate surface area is 194 Å². The minimum absolute atomic E-state index is 0.0695. The monoisotopic (exact) mass is 448 g/mol. The molecule has 0 bridgehead atoms. The summed E-state index contributed by atoms with van der Waals surface area (Å²) in [6.45, 7) is 4.17. The lowest BCUT2D eigenvalue weighted by atomic mass is 9.99. The van der Waals surface area contributed by atoms with Gasteiger partial charge in [-0.05, 0) is 31.2 Å². The largest absolute Gasteiger partial charge is 0.481 e. The first-order chi connectivity index (χ1) is 15.5. The number of unbranched alkanes of at least 4 members (excludes halogenated alkanes) is 9. The molecule has 2 atom stereocenters. The third-order valence-electron chi connectivity index (χ3n) is 5.76. The van der Waals surface area contributed by atoms with Crippen LogP contribution in [0.5, 0.6) is 0 Å². The van der Waals surface area contributed by atoms with Gasteiger partial charge in [0.05, 0.1) is 12.7 Å². The molecule has 32 heavy (non-hydrogen) atoms. The Morgan fingerprint density at radius 2 is 1.38 bits per heavy atom. The Morgan fingerprint density at radius 1 is 0.812 bits per heavy atom. The number of benzene rings is 1. The van der Waals surface area contributed by atoms with Crippen molar-refractivity contribution in [3.63, 3.8) is 0 Å². The van der Waals surface area contributed by atoms with Crippen LogP contribution in [0, 0.1) is 0 Å². The number of carbonyl (C=O) groups excluding carboxylic acids is 1. The molecule has 0 aliphatic carbocycles. The number of hydrogen-bond donors (Lipinski definition) is 1. The van der Waals surface area contributed by atoms with Gasteiger partial charge in [0, 0.05) is 13.3 Å². The second kappa shape index (κ2) is 18.7. The summed E-state index contributed by atoms with van der Waals surface area (Å²) in [5.74, 6) is -0.926. The Morgan fingerprint density at radius 3 is 1.94 bits per heavy atom. The molecule has 1 rings (SSSR count). The minimum Gasteiger partial charge on any atom is -0.481 e. The summed E-state index contributed by atoms with van der Waals surface area (Å²) in [7, 11) is 0. The molecular formula is C27H44O5. The molecule has 0 heterocycles. The molecule has 2 unspecified atom stereocenters. The Hall–Kier alpha value is -1.88. The van der Waals surface area contributed by atoms with Gasteiger partial charge in [0.1, 0.15) is 6.10 Å². The Bertz CT molecular complexity index is 601. The van der Waals surface area contributed by atoms with Crippen LogP contribution in [0.4, 0.5) is 0 Å². The van der Waals surface area contributed by atoms with Gasteiger partial charge in [0.15, 0.2) is 0 Å². The van der Waals surface area contributed by atoms with Gasteiger partial charge < -0.3 is 14.6 Å². The summed E-state index contributed by atoms with van der Waals surface area (Å²) >= 11 is 0. The molecule has 182 valence electrons. The molecule has 0 aliphatic heterocycles. The van der Waals surface area contributed by atoms with Crippen LogP contribution in [0.1, 0.15) is 109 Å². The third kappa shape index (κ3) is 15.0. The van der Waals surface area contributed by atoms with Crippen LogP contribution in [0.3, 0.4) is 0 Å². The van der Waals surface area contributed by atoms with E-state index >= 15 is 0 Å². The summed E-state index contributed by atoms with van der Waals surface area (Å²) in [6, 6.07) is 10.2. The van der Waals surface area contributed by atoms with E-state index in [2.05, 4.69) is 19.1 Å². The molecule has 0 aliphatic rings. The van der Waals surface area contributed by atoms with E-state index in [0.29, 0.717) is 13.0 Å². The van der Waals surface area contributed by atoms with Crippen molar-refractivity contribution >= 4 is 11.9 Å². The first kappa shape index (κ1) is 28.2. The highest BCUT2D eigenvalue weighted by atomic mass is 16.6. The van der Waals surface area contributed by atoms with Gasteiger partial charge >= 0.3 is 11.9 Å². The highest BCUT2D eigenvalue weighted by Gasteiger charge is 2.24. The molecule has 1 aromatic carbocycles.